The summed E-state index contributed by atoms with van der Waals surface area (Å²) in [6.07, 6.45) is 3.48. The van der Waals surface area contributed by atoms with E-state index >= 15 is 0 Å². The Hall–Kier alpha value is -3.32. The third-order valence-electron chi connectivity index (χ3n) is 7.06. The highest BCUT2D eigenvalue weighted by molar-refractivity contribution is 5.50. The average Bonchev–Trinajstić information content (AvgIpc) is 2.94. The van der Waals surface area contributed by atoms with Gasteiger partial charge >= 0.3 is 0 Å². The van der Waals surface area contributed by atoms with E-state index in [1.807, 2.05) is 18.2 Å². The van der Waals surface area contributed by atoms with E-state index in [0.29, 0.717) is 5.92 Å². The van der Waals surface area contributed by atoms with Crippen LogP contribution in [0.15, 0.2) is 97.1 Å². The minimum absolute atomic E-state index is 0.424. The molecule has 0 amide bonds. The Morgan fingerprint density at radius 2 is 1.30 bits per heavy atom. The first-order valence-electron chi connectivity index (χ1n) is 14.0. The van der Waals surface area contributed by atoms with Gasteiger partial charge in [0, 0.05) is 24.7 Å². The third kappa shape index (κ3) is 8.09. The van der Waals surface area contributed by atoms with Gasteiger partial charge in [0.2, 0.25) is 0 Å². The molecule has 1 aliphatic heterocycles. The van der Waals surface area contributed by atoms with E-state index in [2.05, 4.69) is 125 Å². The van der Waals surface area contributed by atoms with Gasteiger partial charge in [0.1, 0.15) is 0 Å². The summed E-state index contributed by atoms with van der Waals surface area (Å²) in [4.78, 5) is 2.50. The number of hydrogen-bond acceptors (Lipinski definition) is 1. The first-order valence-corrected chi connectivity index (χ1v) is 14.0. The number of fused-ring (bicyclic) bond motifs is 1. The molecule has 1 heterocycles. The van der Waals surface area contributed by atoms with Crippen LogP contribution in [0.3, 0.4) is 0 Å². The van der Waals surface area contributed by atoms with Crippen LogP contribution in [-0.2, 0) is 19.4 Å². The molecule has 0 radical (unpaired) electrons. The lowest BCUT2D eigenvalue weighted by Crippen LogP contribution is -2.30. The van der Waals surface area contributed by atoms with Crippen LogP contribution in [0.2, 0.25) is 0 Å². The molecule has 4 aromatic carbocycles. The van der Waals surface area contributed by atoms with E-state index in [1.54, 1.807) is 0 Å². The molecule has 0 bridgehead atoms. The molecule has 194 valence electrons. The zero-order valence-electron chi connectivity index (χ0n) is 23.8. The van der Waals surface area contributed by atoms with Gasteiger partial charge in [-0.2, -0.15) is 0 Å². The second-order valence-electron chi connectivity index (χ2n) is 10.2. The first kappa shape index (κ1) is 28.3. The molecule has 1 atom stereocenters. The van der Waals surface area contributed by atoms with Crippen LogP contribution < -0.4 is 4.90 Å². The van der Waals surface area contributed by atoms with Gasteiger partial charge in [-0.3, -0.25) is 0 Å². The minimum Gasteiger partial charge on any atom is -0.367 e. The minimum atomic E-state index is 0.424. The van der Waals surface area contributed by atoms with E-state index < -0.39 is 0 Å². The molecule has 0 saturated heterocycles. The molecule has 0 aliphatic carbocycles. The molecule has 1 aliphatic rings. The normalized spacial score (nSPS) is 12.9. The Bertz CT molecular complexity index is 1210. The van der Waals surface area contributed by atoms with Gasteiger partial charge in [-0.1, -0.05) is 125 Å². The fraction of sp³-hybridized carbons (Fsp3) is 0.333. The fourth-order valence-electron chi connectivity index (χ4n) is 4.77. The van der Waals surface area contributed by atoms with E-state index in [9.17, 15) is 0 Å². The molecule has 1 nitrogen and oxygen atoms in total. The zero-order valence-corrected chi connectivity index (χ0v) is 23.8. The lowest BCUT2D eigenvalue weighted by molar-refractivity contribution is 0.728. The van der Waals surface area contributed by atoms with Crippen molar-refractivity contribution in [2.24, 2.45) is 0 Å². The highest BCUT2D eigenvalue weighted by atomic mass is 15.1. The summed E-state index contributed by atoms with van der Waals surface area (Å²) in [5.74, 6) is 0.424. The topological polar surface area (TPSA) is 3.24 Å². The van der Waals surface area contributed by atoms with Crippen molar-refractivity contribution in [3.63, 3.8) is 0 Å². The summed E-state index contributed by atoms with van der Waals surface area (Å²) >= 11 is 0. The number of nitrogens with zero attached hydrogens (tertiary/aromatic N) is 1. The number of aryl methyl sites for hydroxylation is 3. The van der Waals surface area contributed by atoms with Crippen molar-refractivity contribution < 1.29 is 0 Å². The Kier molecular flexibility index (Phi) is 11.0. The van der Waals surface area contributed by atoms with Crippen LogP contribution >= 0.6 is 0 Å². The van der Waals surface area contributed by atoms with Crippen LogP contribution in [0.5, 0.6) is 0 Å². The van der Waals surface area contributed by atoms with Crippen LogP contribution in [0, 0.1) is 13.8 Å². The van der Waals surface area contributed by atoms with Gasteiger partial charge in [0.25, 0.3) is 0 Å². The maximum Gasteiger partial charge on any atom is 0.0432 e. The van der Waals surface area contributed by atoms with E-state index in [4.69, 9.17) is 0 Å². The summed E-state index contributed by atoms with van der Waals surface area (Å²) in [5.41, 5.74) is 11.4. The second-order valence-corrected chi connectivity index (χ2v) is 10.2. The third-order valence-corrected chi connectivity index (χ3v) is 7.06. The lowest BCUT2D eigenvalue weighted by atomic mass is 9.87. The van der Waals surface area contributed by atoms with Gasteiger partial charge in [0.15, 0.2) is 0 Å². The molecular weight excluding hydrogens is 446 g/mol. The van der Waals surface area contributed by atoms with E-state index in [-0.39, 0.29) is 0 Å². The average molecular weight is 492 g/mol. The number of benzene rings is 4. The van der Waals surface area contributed by atoms with E-state index in [0.717, 1.165) is 25.9 Å². The quantitative estimate of drug-likeness (QED) is 0.275. The van der Waals surface area contributed by atoms with Gasteiger partial charge in [-0.15, -0.1) is 0 Å². The molecule has 4 aromatic rings. The van der Waals surface area contributed by atoms with Crippen LogP contribution in [-0.4, -0.2) is 6.54 Å². The number of para-hydroxylation sites is 1. The molecule has 1 unspecified atom stereocenters. The monoisotopic (exact) mass is 491 g/mol. The predicted octanol–water partition coefficient (Wildman–Crippen LogP) is 9.68. The van der Waals surface area contributed by atoms with Crippen molar-refractivity contribution in [2.75, 3.05) is 11.4 Å². The summed E-state index contributed by atoms with van der Waals surface area (Å²) in [6, 6.07) is 35.2. The molecular formula is C36H45N. The van der Waals surface area contributed by atoms with Gasteiger partial charge in [-0.25, -0.2) is 0 Å². The molecule has 1 heteroatoms. The second kappa shape index (κ2) is 14.4. The molecule has 0 N–H and O–H groups in total. The first-order chi connectivity index (χ1) is 18.0. The summed E-state index contributed by atoms with van der Waals surface area (Å²) in [5, 5.41) is 0. The van der Waals surface area contributed by atoms with Crippen molar-refractivity contribution in [2.45, 2.75) is 73.3 Å². The molecule has 0 fully saturated rings. The summed E-state index contributed by atoms with van der Waals surface area (Å²) in [6.45, 7) is 15.2. The predicted molar refractivity (Wildman–Crippen MR) is 163 cm³/mol. The SMILES string of the molecule is CCC.CCc1cc(C(C)c2ccc3c(c2)CN(c2ccccc2)CC3)ccc1C.Cc1ccccc1. The highest BCUT2D eigenvalue weighted by Gasteiger charge is 2.18. The smallest absolute Gasteiger partial charge is 0.0432 e. The van der Waals surface area contributed by atoms with Crippen molar-refractivity contribution in [1.29, 1.82) is 0 Å². The number of hydrogen-bond donors (Lipinski definition) is 0. The molecule has 0 saturated carbocycles. The molecule has 5 rings (SSSR count). The van der Waals surface area contributed by atoms with Crippen LogP contribution in [0.1, 0.15) is 79.0 Å². The maximum atomic E-state index is 2.50. The number of anilines is 1. The molecule has 0 spiro atoms. The van der Waals surface area contributed by atoms with Gasteiger partial charge in [0.05, 0.1) is 0 Å². The Labute approximate surface area is 226 Å². The van der Waals surface area contributed by atoms with E-state index in [1.165, 1.54) is 51.1 Å². The Balaban J connectivity index is 0.000000321. The lowest BCUT2D eigenvalue weighted by Gasteiger charge is -2.31. The van der Waals surface area contributed by atoms with Crippen LogP contribution in [0.25, 0.3) is 0 Å². The summed E-state index contributed by atoms with van der Waals surface area (Å²) in [7, 11) is 0. The maximum absolute atomic E-state index is 2.50. The van der Waals surface area contributed by atoms with Crippen LogP contribution in [0.4, 0.5) is 5.69 Å². The van der Waals surface area contributed by atoms with Gasteiger partial charge in [-0.05, 0) is 72.2 Å². The Morgan fingerprint density at radius 1 is 0.703 bits per heavy atom. The largest absolute Gasteiger partial charge is 0.367 e. The fourth-order valence-corrected chi connectivity index (χ4v) is 4.77. The summed E-state index contributed by atoms with van der Waals surface area (Å²) < 4.78 is 0. The highest BCUT2D eigenvalue weighted by Crippen LogP contribution is 2.31. The van der Waals surface area contributed by atoms with Crippen molar-refractivity contribution in [3.8, 4) is 0 Å². The van der Waals surface area contributed by atoms with Crippen molar-refractivity contribution in [3.05, 3.63) is 136 Å². The van der Waals surface area contributed by atoms with Crippen molar-refractivity contribution in [1.82, 2.24) is 0 Å². The zero-order chi connectivity index (χ0) is 26.6. The molecule has 37 heavy (non-hydrogen) atoms. The standard InChI is InChI=1S/C26H29N.C7H8.C3H8/c1-4-21-16-23(11-10-19(21)2)20(3)24-13-12-22-14-15-27(18-25(22)17-24)26-8-6-5-7-9-26;1-7-5-3-2-4-6-7;1-3-2/h5-13,16-17,20H,4,14-15,18H2,1-3H3;2-6H,1H3;3H2,1-2H3. The van der Waals surface area contributed by atoms with Crippen molar-refractivity contribution >= 4 is 5.69 Å². The number of rotatable bonds is 4. The Morgan fingerprint density at radius 3 is 1.89 bits per heavy atom. The molecule has 0 aromatic heterocycles. The van der Waals surface area contributed by atoms with Gasteiger partial charge < -0.3 is 4.90 Å².